The summed E-state index contributed by atoms with van der Waals surface area (Å²) < 4.78 is 16.0. The number of aromatic nitrogens is 4. The quantitative estimate of drug-likeness (QED) is 0.618. The van der Waals surface area contributed by atoms with Gasteiger partial charge in [0, 0.05) is 36.2 Å². The molecule has 2 heterocycles. The Balaban J connectivity index is 1.38. The Morgan fingerprint density at radius 2 is 1.82 bits per heavy atom. The zero-order chi connectivity index (χ0) is 19.5. The molecule has 0 saturated carbocycles. The fourth-order valence-corrected chi connectivity index (χ4v) is 3.46. The summed E-state index contributed by atoms with van der Waals surface area (Å²) >= 11 is 3.38. The van der Waals surface area contributed by atoms with Gasteiger partial charge >= 0.3 is 0 Å². The zero-order valence-electron chi connectivity index (χ0n) is 15.0. The Morgan fingerprint density at radius 1 is 1.07 bits per heavy atom. The van der Waals surface area contributed by atoms with Gasteiger partial charge in [-0.25, -0.2) is 4.39 Å². The molecule has 1 aromatic heterocycles. The van der Waals surface area contributed by atoms with Crippen molar-refractivity contribution in [2.45, 2.75) is 6.54 Å². The van der Waals surface area contributed by atoms with Gasteiger partial charge in [-0.2, -0.15) is 4.68 Å². The Hall–Kier alpha value is -2.65. The van der Waals surface area contributed by atoms with Crippen LogP contribution in [0.25, 0.3) is 5.69 Å². The minimum atomic E-state index is -0.334. The third kappa shape index (κ3) is 4.10. The van der Waals surface area contributed by atoms with Gasteiger partial charge in [-0.15, -0.1) is 5.10 Å². The first-order valence-electron chi connectivity index (χ1n) is 8.90. The van der Waals surface area contributed by atoms with Gasteiger partial charge in [0.2, 0.25) is 0 Å². The monoisotopic (exact) mass is 444 g/mol. The molecular formula is C19H18BrFN6O. The molecule has 9 heteroatoms. The van der Waals surface area contributed by atoms with Crippen molar-refractivity contribution in [2.75, 3.05) is 26.2 Å². The molecule has 0 N–H and O–H groups in total. The number of halogens is 2. The van der Waals surface area contributed by atoms with Gasteiger partial charge in [0.25, 0.3) is 5.91 Å². The van der Waals surface area contributed by atoms with Crippen molar-refractivity contribution in [1.82, 2.24) is 30.0 Å². The number of hydrogen-bond acceptors (Lipinski definition) is 5. The van der Waals surface area contributed by atoms with Crippen LogP contribution in [0.1, 0.15) is 16.2 Å². The molecule has 0 radical (unpaired) electrons. The average Bonchev–Trinajstić information content (AvgIpc) is 3.17. The molecule has 0 spiro atoms. The minimum Gasteiger partial charge on any atom is -0.336 e. The lowest BCUT2D eigenvalue weighted by atomic mass is 10.2. The number of amides is 1. The number of benzene rings is 2. The molecule has 0 bridgehead atoms. The van der Waals surface area contributed by atoms with E-state index in [4.69, 9.17) is 0 Å². The van der Waals surface area contributed by atoms with E-state index in [1.54, 1.807) is 16.8 Å². The molecule has 7 nitrogen and oxygen atoms in total. The first-order valence-corrected chi connectivity index (χ1v) is 9.70. The number of nitrogens with zero attached hydrogens (tertiary/aromatic N) is 6. The number of carbonyl (C=O) groups is 1. The fraction of sp³-hybridized carbons (Fsp3) is 0.263. The molecule has 1 amide bonds. The topological polar surface area (TPSA) is 67.2 Å². The molecule has 28 heavy (non-hydrogen) atoms. The summed E-state index contributed by atoms with van der Waals surface area (Å²) in [6.45, 7) is 3.24. The van der Waals surface area contributed by atoms with Crippen LogP contribution in [0.2, 0.25) is 0 Å². The fourth-order valence-electron chi connectivity index (χ4n) is 3.20. The standard InChI is InChI=1S/C19H18BrFN6O/c20-15-6-4-14(5-7-15)19(28)26-10-8-25(9-11-26)13-18-22-23-24-27(18)17-3-1-2-16(21)12-17/h1-7,12H,8-11,13H2. The first kappa shape index (κ1) is 18.7. The molecule has 0 atom stereocenters. The molecule has 144 valence electrons. The van der Waals surface area contributed by atoms with Gasteiger partial charge < -0.3 is 4.90 Å². The zero-order valence-corrected chi connectivity index (χ0v) is 16.6. The largest absolute Gasteiger partial charge is 0.336 e. The second-order valence-electron chi connectivity index (χ2n) is 6.56. The van der Waals surface area contributed by atoms with Crippen LogP contribution in [0, 0.1) is 5.82 Å². The number of hydrogen-bond donors (Lipinski definition) is 0. The lowest BCUT2D eigenvalue weighted by Crippen LogP contribution is -2.48. The van der Waals surface area contributed by atoms with Crippen LogP contribution in [0.15, 0.2) is 53.0 Å². The third-order valence-electron chi connectivity index (χ3n) is 4.70. The summed E-state index contributed by atoms with van der Waals surface area (Å²) in [6, 6.07) is 13.6. The van der Waals surface area contributed by atoms with Crippen molar-refractivity contribution in [3.63, 3.8) is 0 Å². The van der Waals surface area contributed by atoms with E-state index in [9.17, 15) is 9.18 Å². The van der Waals surface area contributed by atoms with Gasteiger partial charge in [-0.1, -0.05) is 22.0 Å². The molecule has 0 unspecified atom stereocenters. The van der Waals surface area contributed by atoms with Crippen LogP contribution in [0.4, 0.5) is 4.39 Å². The maximum Gasteiger partial charge on any atom is 0.253 e. The Morgan fingerprint density at radius 3 is 2.54 bits per heavy atom. The molecular weight excluding hydrogens is 427 g/mol. The predicted molar refractivity (Wildman–Crippen MR) is 104 cm³/mol. The highest BCUT2D eigenvalue weighted by Gasteiger charge is 2.23. The number of tetrazole rings is 1. The minimum absolute atomic E-state index is 0.0387. The summed E-state index contributed by atoms with van der Waals surface area (Å²) in [5, 5.41) is 11.8. The van der Waals surface area contributed by atoms with Crippen LogP contribution in [0.3, 0.4) is 0 Å². The van der Waals surface area contributed by atoms with Crippen molar-refractivity contribution in [1.29, 1.82) is 0 Å². The predicted octanol–water partition coefficient (Wildman–Crippen LogP) is 2.52. The van der Waals surface area contributed by atoms with E-state index < -0.39 is 0 Å². The molecule has 1 saturated heterocycles. The van der Waals surface area contributed by atoms with Crippen molar-refractivity contribution in [3.05, 3.63) is 70.2 Å². The normalized spacial score (nSPS) is 15.0. The Labute approximate surface area is 169 Å². The second-order valence-corrected chi connectivity index (χ2v) is 7.48. The van der Waals surface area contributed by atoms with Crippen LogP contribution in [-0.2, 0) is 6.54 Å². The Kier molecular flexibility index (Phi) is 5.45. The van der Waals surface area contributed by atoms with E-state index in [2.05, 4.69) is 36.4 Å². The maximum absolute atomic E-state index is 13.5. The summed E-state index contributed by atoms with van der Waals surface area (Å²) in [4.78, 5) is 16.7. The highest BCUT2D eigenvalue weighted by atomic mass is 79.9. The van der Waals surface area contributed by atoms with Gasteiger partial charge in [-0.3, -0.25) is 9.69 Å². The molecule has 1 aliphatic rings. The highest BCUT2D eigenvalue weighted by molar-refractivity contribution is 9.10. The van der Waals surface area contributed by atoms with E-state index in [-0.39, 0.29) is 11.7 Å². The average molecular weight is 445 g/mol. The SMILES string of the molecule is O=C(c1ccc(Br)cc1)N1CCN(Cc2nnnn2-c2cccc(F)c2)CC1. The summed E-state index contributed by atoms with van der Waals surface area (Å²) in [6.07, 6.45) is 0. The summed E-state index contributed by atoms with van der Waals surface area (Å²) in [5.41, 5.74) is 1.27. The third-order valence-corrected chi connectivity index (χ3v) is 5.23. The van der Waals surface area contributed by atoms with Crippen LogP contribution in [-0.4, -0.2) is 62.1 Å². The van der Waals surface area contributed by atoms with E-state index >= 15 is 0 Å². The lowest BCUT2D eigenvalue weighted by molar-refractivity contribution is 0.0624. The maximum atomic E-state index is 13.5. The van der Waals surface area contributed by atoms with E-state index in [0.29, 0.717) is 36.7 Å². The molecule has 0 aliphatic carbocycles. The molecule has 3 aromatic rings. The molecule has 1 aliphatic heterocycles. The van der Waals surface area contributed by atoms with Crippen LogP contribution >= 0.6 is 15.9 Å². The number of rotatable bonds is 4. The summed E-state index contributed by atoms with van der Waals surface area (Å²) in [5.74, 6) is 0.342. The molecule has 2 aromatic carbocycles. The van der Waals surface area contributed by atoms with Crippen molar-refractivity contribution >= 4 is 21.8 Å². The van der Waals surface area contributed by atoms with Crippen molar-refractivity contribution in [3.8, 4) is 5.69 Å². The van der Waals surface area contributed by atoms with Crippen LogP contribution < -0.4 is 0 Å². The van der Waals surface area contributed by atoms with E-state index in [1.165, 1.54) is 12.1 Å². The van der Waals surface area contributed by atoms with E-state index in [1.807, 2.05) is 29.2 Å². The van der Waals surface area contributed by atoms with Crippen molar-refractivity contribution in [2.24, 2.45) is 0 Å². The van der Waals surface area contributed by atoms with Gasteiger partial charge in [0.05, 0.1) is 12.2 Å². The number of carbonyl (C=O) groups excluding carboxylic acids is 1. The van der Waals surface area contributed by atoms with Crippen molar-refractivity contribution < 1.29 is 9.18 Å². The first-order chi connectivity index (χ1) is 13.6. The van der Waals surface area contributed by atoms with Gasteiger partial charge in [0.1, 0.15) is 5.82 Å². The smallest absolute Gasteiger partial charge is 0.253 e. The molecule has 4 rings (SSSR count). The van der Waals surface area contributed by atoms with Crippen LogP contribution in [0.5, 0.6) is 0 Å². The Bertz CT molecular complexity index is 969. The van der Waals surface area contributed by atoms with E-state index in [0.717, 1.165) is 17.6 Å². The van der Waals surface area contributed by atoms with Gasteiger partial charge in [0.15, 0.2) is 5.82 Å². The summed E-state index contributed by atoms with van der Waals surface area (Å²) in [7, 11) is 0. The molecule has 1 fully saturated rings. The lowest BCUT2D eigenvalue weighted by Gasteiger charge is -2.34. The van der Waals surface area contributed by atoms with Gasteiger partial charge in [-0.05, 0) is 52.9 Å². The number of piperazine rings is 1. The second kappa shape index (κ2) is 8.15. The highest BCUT2D eigenvalue weighted by Crippen LogP contribution is 2.15.